The molecule has 2 N–H and O–H groups in total. The average molecular weight is 406 g/mol. The first kappa shape index (κ1) is 19.9. The van der Waals surface area contributed by atoms with Gasteiger partial charge in [-0.15, -0.1) is 0 Å². The molecule has 0 bridgehead atoms. The molecule has 30 heavy (non-hydrogen) atoms. The standard InChI is InChI=1S/C22H26N6O2/c1-13-11-27(12-14(2)28(13)15(3)29)20-7-5-6-19(26-20)18-10-25-21-17(18)8-16(9-24-21)22(30)23-4/h5-10,13-14H,11-12H2,1-4H3,(H,23,30)(H,24,25)/t13-,14+. The minimum atomic E-state index is -0.176. The van der Waals surface area contributed by atoms with E-state index in [0.717, 1.165) is 35.6 Å². The summed E-state index contributed by atoms with van der Waals surface area (Å²) in [5.41, 5.74) is 2.92. The van der Waals surface area contributed by atoms with Gasteiger partial charge in [0.05, 0.1) is 11.3 Å². The molecule has 2 amide bonds. The molecule has 156 valence electrons. The molecule has 1 saturated heterocycles. The van der Waals surface area contributed by atoms with Crippen LogP contribution in [0.4, 0.5) is 5.82 Å². The Labute approximate surface area is 175 Å². The number of H-pyrrole nitrogens is 1. The van der Waals surface area contributed by atoms with Crippen molar-refractivity contribution >= 4 is 28.7 Å². The molecule has 0 radical (unpaired) electrons. The number of amides is 2. The highest BCUT2D eigenvalue weighted by molar-refractivity contribution is 6.00. The second-order valence-corrected chi connectivity index (χ2v) is 7.81. The number of hydrogen-bond donors (Lipinski definition) is 2. The molecule has 8 nitrogen and oxygen atoms in total. The fourth-order valence-corrected chi connectivity index (χ4v) is 4.36. The van der Waals surface area contributed by atoms with Crippen molar-refractivity contribution in [3.8, 4) is 11.3 Å². The van der Waals surface area contributed by atoms with Gasteiger partial charge in [0, 0.05) is 62.5 Å². The molecule has 8 heteroatoms. The summed E-state index contributed by atoms with van der Waals surface area (Å²) in [4.78, 5) is 40.5. The smallest absolute Gasteiger partial charge is 0.252 e. The molecule has 4 heterocycles. The number of anilines is 1. The van der Waals surface area contributed by atoms with Crippen LogP contribution in [0.2, 0.25) is 0 Å². The molecule has 1 fully saturated rings. The lowest BCUT2D eigenvalue weighted by molar-refractivity contribution is -0.133. The second-order valence-electron chi connectivity index (χ2n) is 7.81. The van der Waals surface area contributed by atoms with Gasteiger partial charge in [-0.1, -0.05) is 6.07 Å². The zero-order valence-corrected chi connectivity index (χ0v) is 17.6. The SMILES string of the molecule is CNC(=O)c1cnc2[nH]cc(-c3cccc(N4C[C@@H](C)N(C(C)=O)[C@@H](C)C4)n3)c2c1. The lowest BCUT2D eigenvalue weighted by Crippen LogP contribution is -2.58. The predicted octanol–water partition coefficient (Wildman–Crippen LogP) is 2.43. The highest BCUT2D eigenvalue weighted by Gasteiger charge is 2.31. The summed E-state index contributed by atoms with van der Waals surface area (Å²) < 4.78 is 0. The Morgan fingerprint density at radius 2 is 1.93 bits per heavy atom. The Kier molecular flexibility index (Phi) is 5.15. The van der Waals surface area contributed by atoms with Crippen LogP contribution >= 0.6 is 0 Å². The van der Waals surface area contributed by atoms with Crippen molar-refractivity contribution in [2.75, 3.05) is 25.0 Å². The Bertz CT molecular complexity index is 1100. The van der Waals surface area contributed by atoms with Gasteiger partial charge in [0.15, 0.2) is 0 Å². The molecular formula is C22H26N6O2. The normalized spacial score (nSPS) is 19.2. The summed E-state index contributed by atoms with van der Waals surface area (Å²) >= 11 is 0. The molecular weight excluding hydrogens is 380 g/mol. The first-order chi connectivity index (χ1) is 14.4. The molecule has 0 aromatic carbocycles. The van der Waals surface area contributed by atoms with Crippen LogP contribution in [0.15, 0.2) is 36.7 Å². The number of nitrogens with zero attached hydrogens (tertiary/aromatic N) is 4. The van der Waals surface area contributed by atoms with E-state index in [1.165, 1.54) is 0 Å². The van der Waals surface area contributed by atoms with E-state index in [1.807, 2.05) is 35.4 Å². The summed E-state index contributed by atoms with van der Waals surface area (Å²) in [6, 6.07) is 8.00. The number of piperazine rings is 1. The van der Waals surface area contributed by atoms with Crippen molar-refractivity contribution in [2.24, 2.45) is 0 Å². The zero-order valence-electron chi connectivity index (χ0n) is 17.6. The summed E-state index contributed by atoms with van der Waals surface area (Å²) in [7, 11) is 1.60. The Hall–Kier alpha value is -3.42. The highest BCUT2D eigenvalue weighted by atomic mass is 16.2. The van der Waals surface area contributed by atoms with Gasteiger partial charge in [0.25, 0.3) is 5.91 Å². The van der Waals surface area contributed by atoms with E-state index in [1.54, 1.807) is 20.2 Å². The van der Waals surface area contributed by atoms with Gasteiger partial charge < -0.3 is 20.1 Å². The van der Waals surface area contributed by atoms with Gasteiger partial charge >= 0.3 is 0 Å². The maximum atomic E-state index is 12.0. The van der Waals surface area contributed by atoms with E-state index in [2.05, 4.69) is 34.0 Å². The quantitative estimate of drug-likeness (QED) is 0.697. The third kappa shape index (κ3) is 3.49. The van der Waals surface area contributed by atoms with Crippen molar-refractivity contribution in [1.29, 1.82) is 0 Å². The van der Waals surface area contributed by atoms with Crippen LogP contribution in [0.5, 0.6) is 0 Å². The van der Waals surface area contributed by atoms with Crippen LogP contribution in [0, 0.1) is 0 Å². The van der Waals surface area contributed by atoms with Crippen LogP contribution in [0.25, 0.3) is 22.3 Å². The average Bonchev–Trinajstić information content (AvgIpc) is 3.15. The van der Waals surface area contributed by atoms with Gasteiger partial charge in [0.1, 0.15) is 11.5 Å². The second kappa shape index (κ2) is 7.78. The third-order valence-electron chi connectivity index (χ3n) is 5.64. The van der Waals surface area contributed by atoms with Crippen molar-refractivity contribution in [3.63, 3.8) is 0 Å². The van der Waals surface area contributed by atoms with Gasteiger partial charge in [0.2, 0.25) is 5.91 Å². The van der Waals surface area contributed by atoms with Gasteiger partial charge in [-0.25, -0.2) is 9.97 Å². The molecule has 0 aliphatic carbocycles. The number of hydrogen-bond acceptors (Lipinski definition) is 5. The topological polar surface area (TPSA) is 94.2 Å². The van der Waals surface area contributed by atoms with Crippen LogP contribution in [0.1, 0.15) is 31.1 Å². The van der Waals surface area contributed by atoms with Crippen LogP contribution in [0.3, 0.4) is 0 Å². The number of aromatic amines is 1. The molecule has 0 spiro atoms. The van der Waals surface area contributed by atoms with E-state index in [4.69, 9.17) is 4.98 Å². The largest absolute Gasteiger partial charge is 0.355 e. The van der Waals surface area contributed by atoms with Gasteiger partial charge in [-0.3, -0.25) is 9.59 Å². The van der Waals surface area contributed by atoms with E-state index >= 15 is 0 Å². The number of carbonyl (C=O) groups excluding carboxylic acids is 2. The van der Waals surface area contributed by atoms with E-state index in [9.17, 15) is 9.59 Å². The van der Waals surface area contributed by atoms with Crippen LogP contribution in [-0.4, -0.2) is 63.9 Å². The first-order valence-electron chi connectivity index (χ1n) is 10.1. The zero-order chi connectivity index (χ0) is 21.4. The monoisotopic (exact) mass is 406 g/mol. The third-order valence-corrected chi connectivity index (χ3v) is 5.64. The van der Waals surface area contributed by atoms with Crippen molar-refractivity contribution in [2.45, 2.75) is 32.9 Å². The van der Waals surface area contributed by atoms with E-state index in [-0.39, 0.29) is 23.9 Å². The molecule has 0 unspecified atom stereocenters. The molecule has 0 saturated carbocycles. The van der Waals surface area contributed by atoms with Gasteiger partial charge in [-0.05, 0) is 32.0 Å². The van der Waals surface area contributed by atoms with Crippen molar-refractivity contribution in [3.05, 3.63) is 42.2 Å². The van der Waals surface area contributed by atoms with E-state index < -0.39 is 0 Å². The Morgan fingerprint density at radius 3 is 2.60 bits per heavy atom. The summed E-state index contributed by atoms with van der Waals surface area (Å²) in [6.45, 7) is 7.23. The minimum absolute atomic E-state index is 0.106. The maximum absolute atomic E-state index is 12.0. The lowest BCUT2D eigenvalue weighted by atomic mass is 10.1. The van der Waals surface area contributed by atoms with Crippen LogP contribution in [-0.2, 0) is 4.79 Å². The highest BCUT2D eigenvalue weighted by Crippen LogP contribution is 2.29. The lowest BCUT2D eigenvalue weighted by Gasteiger charge is -2.44. The molecule has 1 aliphatic rings. The molecule has 3 aromatic heterocycles. The van der Waals surface area contributed by atoms with Gasteiger partial charge in [-0.2, -0.15) is 0 Å². The number of fused-ring (bicyclic) bond motifs is 1. The minimum Gasteiger partial charge on any atom is -0.355 e. The number of aromatic nitrogens is 3. The Morgan fingerprint density at radius 1 is 1.20 bits per heavy atom. The molecule has 2 atom stereocenters. The number of carbonyl (C=O) groups is 2. The summed E-state index contributed by atoms with van der Waals surface area (Å²) in [5, 5.41) is 3.48. The van der Waals surface area contributed by atoms with Crippen molar-refractivity contribution < 1.29 is 9.59 Å². The van der Waals surface area contributed by atoms with E-state index in [0.29, 0.717) is 11.2 Å². The maximum Gasteiger partial charge on any atom is 0.252 e. The fraction of sp³-hybridized carbons (Fsp3) is 0.364. The number of nitrogens with one attached hydrogen (secondary N) is 2. The molecule has 4 rings (SSSR count). The molecule has 3 aromatic rings. The number of pyridine rings is 2. The first-order valence-corrected chi connectivity index (χ1v) is 10.1. The van der Waals surface area contributed by atoms with Crippen molar-refractivity contribution in [1.82, 2.24) is 25.2 Å². The fourth-order valence-electron chi connectivity index (χ4n) is 4.36. The molecule has 1 aliphatic heterocycles. The predicted molar refractivity (Wildman–Crippen MR) is 116 cm³/mol. The summed E-state index contributed by atoms with van der Waals surface area (Å²) in [5.74, 6) is 0.804. The van der Waals surface area contributed by atoms with Crippen LogP contribution < -0.4 is 10.2 Å². The number of rotatable bonds is 3. The Balaban J connectivity index is 1.68. The summed E-state index contributed by atoms with van der Waals surface area (Å²) in [6.07, 6.45) is 3.43.